The fraction of sp³-hybridized carbons (Fsp3) is 0.278. The van der Waals surface area contributed by atoms with Crippen LogP contribution in [-0.4, -0.2) is 17.6 Å². The maximum Gasteiger partial charge on any atom is 0.193 e. The summed E-state index contributed by atoms with van der Waals surface area (Å²) < 4.78 is 13.6. The Labute approximate surface area is 135 Å². The Morgan fingerprint density at radius 2 is 1.96 bits per heavy atom. The highest BCUT2D eigenvalue weighted by atomic mass is 19.1. The summed E-state index contributed by atoms with van der Waals surface area (Å²) in [7, 11) is 0. The van der Waals surface area contributed by atoms with Gasteiger partial charge < -0.3 is 16.2 Å². The first-order valence-corrected chi connectivity index (χ1v) is 7.56. The van der Waals surface area contributed by atoms with Gasteiger partial charge in [0.2, 0.25) is 0 Å². The number of halogens is 1. The van der Waals surface area contributed by atoms with Gasteiger partial charge in [-0.3, -0.25) is 4.99 Å². The van der Waals surface area contributed by atoms with E-state index in [1.807, 2.05) is 24.3 Å². The van der Waals surface area contributed by atoms with E-state index in [0.29, 0.717) is 5.92 Å². The van der Waals surface area contributed by atoms with Gasteiger partial charge in [0.15, 0.2) is 5.96 Å². The molecule has 0 aromatic heterocycles. The number of nitrogens with two attached hydrogens (primary N) is 1. The van der Waals surface area contributed by atoms with Crippen molar-refractivity contribution in [2.45, 2.75) is 25.9 Å². The zero-order chi connectivity index (χ0) is 16.8. The van der Waals surface area contributed by atoms with Crippen LogP contribution in [-0.2, 0) is 0 Å². The minimum absolute atomic E-state index is 0.0103. The molecule has 0 spiro atoms. The molecule has 0 bridgehead atoms. The van der Waals surface area contributed by atoms with Gasteiger partial charge in [-0.1, -0.05) is 44.2 Å². The fourth-order valence-electron chi connectivity index (χ4n) is 2.19. The first-order chi connectivity index (χ1) is 11.0. The zero-order valence-electron chi connectivity index (χ0n) is 13.3. The van der Waals surface area contributed by atoms with E-state index in [9.17, 15) is 9.50 Å². The number of rotatable bonds is 5. The van der Waals surface area contributed by atoms with Crippen LogP contribution in [0.4, 0.5) is 10.1 Å². The Balaban J connectivity index is 2.00. The maximum absolute atomic E-state index is 13.6. The van der Waals surface area contributed by atoms with Crippen molar-refractivity contribution < 1.29 is 9.50 Å². The summed E-state index contributed by atoms with van der Waals surface area (Å²) in [5, 5.41) is 13.0. The van der Waals surface area contributed by atoms with Gasteiger partial charge in [-0.25, -0.2) is 4.39 Å². The first kappa shape index (κ1) is 17.0. The van der Waals surface area contributed by atoms with Crippen molar-refractivity contribution in [2.24, 2.45) is 10.7 Å². The summed E-state index contributed by atoms with van der Waals surface area (Å²) >= 11 is 0. The average molecular weight is 315 g/mol. The molecule has 4 N–H and O–H groups in total. The van der Waals surface area contributed by atoms with Crippen molar-refractivity contribution in [1.82, 2.24) is 0 Å². The molecular weight excluding hydrogens is 293 g/mol. The van der Waals surface area contributed by atoms with Crippen LogP contribution in [0.1, 0.15) is 37.0 Å². The third-order valence-corrected chi connectivity index (χ3v) is 3.52. The second-order valence-electron chi connectivity index (χ2n) is 5.67. The van der Waals surface area contributed by atoms with Crippen LogP contribution in [0, 0.1) is 5.82 Å². The topological polar surface area (TPSA) is 70.6 Å². The van der Waals surface area contributed by atoms with Gasteiger partial charge >= 0.3 is 0 Å². The van der Waals surface area contributed by atoms with Gasteiger partial charge in [0.25, 0.3) is 0 Å². The van der Waals surface area contributed by atoms with E-state index in [0.717, 1.165) is 5.69 Å². The molecule has 0 heterocycles. The lowest BCUT2D eigenvalue weighted by atomic mass is 10.0. The van der Waals surface area contributed by atoms with Crippen molar-refractivity contribution >= 4 is 11.6 Å². The summed E-state index contributed by atoms with van der Waals surface area (Å²) in [5.74, 6) is 0.144. The van der Waals surface area contributed by atoms with E-state index in [1.54, 1.807) is 12.1 Å². The zero-order valence-corrected chi connectivity index (χ0v) is 13.3. The molecule has 0 aliphatic heterocycles. The van der Waals surface area contributed by atoms with Crippen LogP contribution in [0.25, 0.3) is 0 Å². The molecule has 0 aliphatic carbocycles. The Morgan fingerprint density at radius 3 is 2.65 bits per heavy atom. The quantitative estimate of drug-likeness (QED) is 0.585. The lowest BCUT2D eigenvalue weighted by molar-refractivity contribution is 0.182. The predicted octanol–water partition coefficient (Wildman–Crippen LogP) is 3.41. The summed E-state index contributed by atoms with van der Waals surface area (Å²) in [6, 6.07) is 14.0. The maximum atomic E-state index is 13.6. The molecule has 0 amide bonds. The van der Waals surface area contributed by atoms with E-state index in [2.05, 4.69) is 24.2 Å². The molecule has 2 rings (SSSR count). The number of nitrogens with one attached hydrogen (secondary N) is 1. The number of aliphatic hydroxyl groups is 1. The van der Waals surface area contributed by atoms with E-state index in [4.69, 9.17) is 5.73 Å². The number of aliphatic hydroxyl groups excluding tert-OH is 1. The highest BCUT2D eigenvalue weighted by Crippen LogP contribution is 2.19. The van der Waals surface area contributed by atoms with Gasteiger partial charge in [0.1, 0.15) is 11.9 Å². The summed E-state index contributed by atoms with van der Waals surface area (Å²) in [6.45, 7) is 4.21. The number of anilines is 1. The molecule has 0 radical (unpaired) electrons. The molecule has 2 aromatic rings. The molecule has 2 aromatic carbocycles. The molecule has 4 nitrogen and oxygen atoms in total. The summed E-state index contributed by atoms with van der Waals surface area (Å²) in [4.78, 5) is 4.08. The molecule has 122 valence electrons. The third kappa shape index (κ3) is 4.79. The van der Waals surface area contributed by atoms with Crippen molar-refractivity contribution in [3.8, 4) is 0 Å². The van der Waals surface area contributed by atoms with Gasteiger partial charge in [0.05, 0.1) is 6.54 Å². The minimum atomic E-state index is -1.03. The van der Waals surface area contributed by atoms with E-state index < -0.39 is 11.9 Å². The van der Waals surface area contributed by atoms with Gasteiger partial charge in [0, 0.05) is 11.3 Å². The molecule has 0 saturated carbocycles. The van der Waals surface area contributed by atoms with Crippen molar-refractivity contribution in [3.05, 3.63) is 65.5 Å². The molecule has 0 saturated heterocycles. The number of nitrogens with zero attached hydrogens (tertiary/aromatic N) is 1. The Kier molecular flexibility index (Phi) is 5.71. The monoisotopic (exact) mass is 315 g/mol. The van der Waals surface area contributed by atoms with Crippen LogP contribution < -0.4 is 11.1 Å². The van der Waals surface area contributed by atoms with Gasteiger partial charge in [-0.05, 0) is 29.7 Å². The van der Waals surface area contributed by atoms with Crippen molar-refractivity contribution in [1.29, 1.82) is 0 Å². The molecule has 1 unspecified atom stereocenters. The van der Waals surface area contributed by atoms with Crippen molar-refractivity contribution in [2.75, 3.05) is 11.9 Å². The Hall–Kier alpha value is -2.40. The Morgan fingerprint density at radius 1 is 1.22 bits per heavy atom. The predicted molar refractivity (Wildman–Crippen MR) is 92.0 cm³/mol. The van der Waals surface area contributed by atoms with E-state index >= 15 is 0 Å². The van der Waals surface area contributed by atoms with Gasteiger partial charge in [-0.15, -0.1) is 0 Å². The third-order valence-electron chi connectivity index (χ3n) is 3.52. The van der Waals surface area contributed by atoms with Gasteiger partial charge in [-0.2, -0.15) is 0 Å². The SMILES string of the molecule is CC(C)c1cccc(NC(N)=NCC(O)c2ccccc2F)c1. The summed E-state index contributed by atoms with van der Waals surface area (Å²) in [6.07, 6.45) is -1.03. The first-order valence-electron chi connectivity index (χ1n) is 7.56. The van der Waals surface area contributed by atoms with Crippen molar-refractivity contribution in [3.63, 3.8) is 0 Å². The number of benzene rings is 2. The highest BCUT2D eigenvalue weighted by molar-refractivity contribution is 5.92. The molecule has 5 heteroatoms. The molecule has 23 heavy (non-hydrogen) atoms. The molecule has 0 aliphatic rings. The number of hydrogen-bond donors (Lipinski definition) is 3. The minimum Gasteiger partial charge on any atom is -0.386 e. The van der Waals surface area contributed by atoms with Crippen LogP contribution in [0.2, 0.25) is 0 Å². The van der Waals surface area contributed by atoms with Crippen LogP contribution >= 0.6 is 0 Å². The second kappa shape index (κ2) is 7.74. The van der Waals surface area contributed by atoms with E-state index in [-0.39, 0.29) is 18.1 Å². The molecular formula is C18H22FN3O. The number of aliphatic imine (C=N–C) groups is 1. The normalized spacial score (nSPS) is 13.2. The smallest absolute Gasteiger partial charge is 0.193 e. The standard InChI is InChI=1S/C18H22FN3O/c1-12(2)13-6-5-7-14(10-13)22-18(20)21-11-17(23)15-8-3-4-9-16(15)19/h3-10,12,17,23H,11H2,1-2H3,(H3,20,21,22). The largest absolute Gasteiger partial charge is 0.386 e. The van der Waals surface area contributed by atoms with E-state index in [1.165, 1.54) is 17.7 Å². The Bertz CT molecular complexity index is 685. The van der Waals surface area contributed by atoms with Crippen LogP contribution in [0.15, 0.2) is 53.5 Å². The van der Waals surface area contributed by atoms with Crippen LogP contribution in [0.3, 0.4) is 0 Å². The second-order valence-corrected chi connectivity index (χ2v) is 5.67. The fourth-order valence-corrected chi connectivity index (χ4v) is 2.19. The lowest BCUT2D eigenvalue weighted by Gasteiger charge is -2.12. The number of guanidine groups is 1. The number of hydrogen-bond acceptors (Lipinski definition) is 2. The highest BCUT2D eigenvalue weighted by Gasteiger charge is 2.11. The summed E-state index contributed by atoms with van der Waals surface area (Å²) in [5.41, 5.74) is 8.06. The lowest BCUT2D eigenvalue weighted by Crippen LogP contribution is -2.23. The molecule has 0 fully saturated rings. The molecule has 1 atom stereocenters. The van der Waals surface area contributed by atoms with Crippen LogP contribution in [0.5, 0.6) is 0 Å². The average Bonchev–Trinajstić information content (AvgIpc) is 2.53.